The summed E-state index contributed by atoms with van der Waals surface area (Å²) >= 11 is 6.00. The van der Waals surface area contributed by atoms with E-state index in [0.717, 1.165) is 11.3 Å². The number of nitrogen functional groups attached to an aromatic ring is 1. The van der Waals surface area contributed by atoms with E-state index in [1.807, 2.05) is 24.3 Å². The van der Waals surface area contributed by atoms with Crippen LogP contribution < -0.4 is 10.5 Å². The minimum atomic E-state index is 0.289. The molecule has 0 saturated heterocycles. The molecule has 15 heavy (non-hydrogen) atoms. The number of H-pyrrole nitrogens is 1. The third-order valence-electron chi connectivity index (χ3n) is 2.11. The van der Waals surface area contributed by atoms with E-state index in [4.69, 9.17) is 22.1 Å². The normalized spacial score (nSPS) is 10.3. The van der Waals surface area contributed by atoms with Crippen LogP contribution in [0.3, 0.4) is 0 Å². The number of anilines is 1. The molecule has 0 aliphatic heterocycles. The number of aromatic amines is 1. The van der Waals surface area contributed by atoms with Crippen LogP contribution in [0.2, 0.25) is 5.02 Å². The number of halogens is 1. The molecule has 0 radical (unpaired) electrons. The van der Waals surface area contributed by atoms with Crippen LogP contribution in [0.15, 0.2) is 24.3 Å². The molecule has 5 heteroatoms. The van der Waals surface area contributed by atoms with Gasteiger partial charge in [-0.1, -0.05) is 23.7 Å². The average molecular weight is 224 g/mol. The number of nitrogens with zero attached hydrogens (tertiary/aromatic N) is 1. The van der Waals surface area contributed by atoms with Gasteiger partial charge in [0.1, 0.15) is 10.8 Å². The first kappa shape index (κ1) is 9.86. The van der Waals surface area contributed by atoms with Crippen LogP contribution in [-0.2, 0) is 0 Å². The SMILES string of the molecule is COc1ccccc1-c1[nH]nc(N)c1Cl. The van der Waals surface area contributed by atoms with Gasteiger partial charge >= 0.3 is 0 Å². The molecular weight excluding hydrogens is 214 g/mol. The molecule has 0 bridgehead atoms. The lowest BCUT2D eigenvalue weighted by Gasteiger charge is -2.05. The van der Waals surface area contributed by atoms with Crippen molar-refractivity contribution in [1.82, 2.24) is 10.2 Å². The second kappa shape index (κ2) is 3.82. The second-order valence-corrected chi connectivity index (χ2v) is 3.38. The summed E-state index contributed by atoms with van der Waals surface area (Å²) in [5.41, 5.74) is 7.07. The Morgan fingerprint density at radius 3 is 2.73 bits per heavy atom. The Bertz CT molecular complexity index is 481. The van der Waals surface area contributed by atoms with E-state index in [-0.39, 0.29) is 5.82 Å². The van der Waals surface area contributed by atoms with Gasteiger partial charge < -0.3 is 10.5 Å². The van der Waals surface area contributed by atoms with Crippen LogP contribution in [-0.4, -0.2) is 17.3 Å². The molecule has 2 rings (SSSR count). The molecule has 0 amide bonds. The lowest BCUT2D eigenvalue weighted by Crippen LogP contribution is -1.88. The van der Waals surface area contributed by atoms with Crippen LogP contribution in [0.4, 0.5) is 5.82 Å². The van der Waals surface area contributed by atoms with E-state index in [2.05, 4.69) is 10.2 Å². The summed E-state index contributed by atoms with van der Waals surface area (Å²) in [6.45, 7) is 0. The van der Waals surface area contributed by atoms with Crippen molar-refractivity contribution in [3.63, 3.8) is 0 Å². The summed E-state index contributed by atoms with van der Waals surface area (Å²) in [7, 11) is 1.60. The highest BCUT2D eigenvalue weighted by molar-refractivity contribution is 6.35. The number of nitrogens with one attached hydrogen (secondary N) is 1. The van der Waals surface area contributed by atoms with Crippen LogP contribution >= 0.6 is 11.6 Å². The number of hydrogen-bond donors (Lipinski definition) is 2. The minimum Gasteiger partial charge on any atom is -0.496 e. The first-order valence-corrected chi connectivity index (χ1v) is 4.74. The zero-order chi connectivity index (χ0) is 10.8. The number of benzene rings is 1. The van der Waals surface area contributed by atoms with Crippen molar-refractivity contribution < 1.29 is 4.74 Å². The molecule has 1 aromatic heterocycles. The van der Waals surface area contributed by atoms with E-state index in [0.29, 0.717) is 10.7 Å². The largest absolute Gasteiger partial charge is 0.496 e. The Kier molecular flexibility index (Phi) is 2.51. The predicted octanol–water partition coefficient (Wildman–Crippen LogP) is 2.32. The van der Waals surface area contributed by atoms with Crippen molar-refractivity contribution in [3.8, 4) is 17.0 Å². The fraction of sp³-hybridized carbons (Fsp3) is 0.100. The molecular formula is C10H10ClN3O. The van der Waals surface area contributed by atoms with E-state index in [1.54, 1.807) is 7.11 Å². The van der Waals surface area contributed by atoms with Crippen molar-refractivity contribution in [1.29, 1.82) is 0 Å². The Hall–Kier alpha value is -1.68. The van der Waals surface area contributed by atoms with Crippen molar-refractivity contribution in [2.75, 3.05) is 12.8 Å². The van der Waals surface area contributed by atoms with Crippen molar-refractivity contribution in [3.05, 3.63) is 29.3 Å². The summed E-state index contributed by atoms with van der Waals surface area (Å²) in [4.78, 5) is 0. The fourth-order valence-corrected chi connectivity index (χ4v) is 1.56. The zero-order valence-electron chi connectivity index (χ0n) is 8.12. The monoisotopic (exact) mass is 223 g/mol. The summed E-state index contributed by atoms with van der Waals surface area (Å²) in [5, 5.41) is 7.03. The van der Waals surface area contributed by atoms with Crippen LogP contribution in [0.25, 0.3) is 11.3 Å². The number of nitrogens with two attached hydrogens (primary N) is 1. The van der Waals surface area contributed by atoms with Crippen molar-refractivity contribution >= 4 is 17.4 Å². The van der Waals surface area contributed by atoms with Gasteiger partial charge in [-0.2, -0.15) is 5.10 Å². The Morgan fingerprint density at radius 2 is 2.13 bits per heavy atom. The van der Waals surface area contributed by atoms with Crippen LogP contribution in [0.5, 0.6) is 5.75 Å². The Morgan fingerprint density at radius 1 is 1.40 bits per heavy atom. The fourth-order valence-electron chi connectivity index (χ4n) is 1.37. The highest BCUT2D eigenvalue weighted by Gasteiger charge is 2.13. The maximum absolute atomic E-state index is 6.00. The molecule has 0 spiro atoms. The first-order valence-electron chi connectivity index (χ1n) is 4.36. The van der Waals surface area contributed by atoms with Gasteiger partial charge in [-0.3, -0.25) is 5.10 Å². The minimum absolute atomic E-state index is 0.289. The van der Waals surface area contributed by atoms with Crippen LogP contribution in [0, 0.1) is 0 Å². The average Bonchev–Trinajstić information content (AvgIpc) is 2.60. The van der Waals surface area contributed by atoms with Gasteiger partial charge in [0, 0.05) is 5.56 Å². The molecule has 0 unspecified atom stereocenters. The molecule has 0 aliphatic carbocycles. The number of aromatic nitrogens is 2. The molecule has 3 N–H and O–H groups in total. The maximum atomic E-state index is 6.00. The molecule has 78 valence electrons. The third-order valence-corrected chi connectivity index (χ3v) is 2.49. The quantitative estimate of drug-likeness (QED) is 0.821. The van der Waals surface area contributed by atoms with E-state index in [1.165, 1.54) is 0 Å². The molecule has 4 nitrogen and oxygen atoms in total. The molecule has 0 saturated carbocycles. The molecule has 2 aromatic rings. The van der Waals surface area contributed by atoms with Gasteiger partial charge in [0.25, 0.3) is 0 Å². The summed E-state index contributed by atoms with van der Waals surface area (Å²) in [6, 6.07) is 7.52. The molecule has 1 heterocycles. The first-order chi connectivity index (χ1) is 7.24. The molecule has 1 aromatic carbocycles. The topological polar surface area (TPSA) is 63.9 Å². The highest BCUT2D eigenvalue weighted by Crippen LogP contribution is 2.35. The van der Waals surface area contributed by atoms with Gasteiger partial charge in [-0.25, -0.2) is 0 Å². The Labute approximate surface area is 92.0 Å². The molecule has 0 atom stereocenters. The van der Waals surface area contributed by atoms with Gasteiger partial charge in [0.2, 0.25) is 0 Å². The van der Waals surface area contributed by atoms with E-state index in [9.17, 15) is 0 Å². The van der Waals surface area contributed by atoms with Gasteiger partial charge in [-0.15, -0.1) is 0 Å². The van der Waals surface area contributed by atoms with Crippen LogP contribution in [0.1, 0.15) is 0 Å². The van der Waals surface area contributed by atoms with Crippen molar-refractivity contribution in [2.24, 2.45) is 0 Å². The van der Waals surface area contributed by atoms with E-state index >= 15 is 0 Å². The number of ether oxygens (including phenoxy) is 1. The predicted molar refractivity (Wildman–Crippen MR) is 60.0 cm³/mol. The number of rotatable bonds is 2. The second-order valence-electron chi connectivity index (χ2n) is 3.00. The van der Waals surface area contributed by atoms with Gasteiger partial charge in [-0.05, 0) is 12.1 Å². The standard InChI is InChI=1S/C10H10ClN3O/c1-15-7-5-3-2-4-6(7)9-8(11)10(12)14-13-9/h2-5H,1H3,(H3,12,13,14). The molecule has 0 aliphatic rings. The number of methoxy groups -OCH3 is 1. The summed E-state index contributed by atoms with van der Waals surface area (Å²) in [5.74, 6) is 1.01. The lowest BCUT2D eigenvalue weighted by atomic mass is 10.1. The summed E-state index contributed by atoms with van der Waals surface area (Å²) in [6.07, 6.45) is 0. The number of hydrogen-bond acceptors (Lipinski definition) is 3. The van der Waals surface area contributed by atoms with E-state index < -0.39 is 0 Å². The maximum Gasteiger partial charge on any atom is 0.164 e. The Balaban J connectivity index is 2.58. The van der Waals surface area contributed by atoms with Gasteiger partial charge in [0.15, 0.2) is 5.82 Å². The number of para-hydroxylation sites is 1. The van der Waals surface area contributed by atoms with Gasteiger partial charge in [0.05, 0.1) is 12.8 Å². The van der Waals surface area contributed by atoms with Crippen molar-refractivity contribution in [2.45, 2.75) is 0 Å². The lowest BCUT2D eigenvalue weighted by molar-refractivity contribution is 0.416. The molecule has 0 fully saturated rings. The zero-order valence-corrected chi connectivity index (χ0v) is 8.88. The highest BCUT2D eigenvalue weighted by atomic mass is 35.5. The third kappa shape index (κ3) is 1.64. The summed E-state index contributed by atoms with van der Waals surface area (Å²) < 4.78 is 5.22. The smallest absolute Gasteiger partial charge is 0.164 e.